The fourth-order valence-electron chi connectivity index (χ4n) is 1.99. The average Bonchev–Trinajstić information content (AvgIpc) is 2.58. The molecule has 0 aliphatic heterocycles. The molecule has 0 radical (unpaired) electrons. The van der Waals surface area contributed by atoms with Gasteiger partial charge in [-0.3, -0.25) is 0 Å². The van der Waals surface area contributed by atoms with E-state index in [0.717, 1.165) is 10.9 Å². The van der Waals surface area contributed by atoms with Crippen molar-refractivity contribution in [2.24, 2.45) is 0 Å². The van der Waals surface area contributed by atoms with Crippen LogP contribution in [0.3, 0.4) is 0 Å². The quantitative estimate of drug-likeness (QED) is 0.613. The maximum atomic E-state index is 5.82. The molecule has 1 heteroatoms. The molecule has 0 bridgehead atoms. The van der Waals surface area contributed by atoms with Crippen LogP contribution in [0.2, 0.25) is 5.02 Å². The standard InChI is InChI=1S/C11H13Cl/c12-11-7-5-10(6-8-11)9-3-1-2-4-9/h5-9H,1-4H2. The molecule has 0 saturated heterocycles. The Morgan fingerprint density at radius 2 is 1.58 bits per heavy atom. The summed E-state index contributed by atoms with van der Waals surface area (Å²) in [5.41, 5.74) is 1.47. The fraction of sp³-hybridized carbons (Fsp3) is 0.455. The summed E-state index contributed by atoms with van der Waals surface area (Å²) in [6.07, 6.45) is 5.52. The lowest BCUT2D eigenvalue weighted by molar-refractivity contribution is 0.723. The van der Waals surface area contributed by atoms with Gasteiger partial charge in [-0.25, -0.2) is 0 Å². The van der Waals surface area contributed by atoms with Crippen molar-refractivity contribution in [1.29, 1.82) is 0 Å². The van der Waals surface area contributed by atoms with Crippen LogP contribution in [0, 0.1) is 0 Å². The van der Waals surface area contributed by atoms with Crippen LogP contribution in [0.5, 0.6) is 0 Å². The Bertz CT molecular complexity index is 244. The summed E-state index contributed by atoms with van der Waals surface area (Å²) < 4.78 is 0. The van der Waals surface area contributed by atoms with Gasteiger partial charge in [0.2, 0.25) is 0 Å². The zero-order chi connectivity index (χ0) is 8.39. The smallest absolute Gasteiger partial charge is 0.0406 e. The van der Waals surface area contributed by atoms with Crippen molar-refractivity contribution in [3.05, 3.63) is 34.9 Å². The topological polar surface area (TPSA) is 0 Å². The molecule has 1 aliphatic carbocycles. The molecule has 1 aliphatic rings. The predicted molar refractivity (Wildman–Crippen MR) is 52.7 cm³/mol. The van der Waals surface area contributed by atoms with Gasteiger partial charge in [-0.2, -0.15) is 0 Å². The summed E-state index contributed by atoms with van der Waals surface area (Å²) in [5, 5.41) is 0.844. The first-order valence-electron chi connectivity index (χ1n) is 4.62. The second-order valence-electron chi connectivity index (χ2n) is 3.53. The van der Waals surface area contributed by atoms with Crippen molar-refractivity contribution in [3.8, 4) is 0 Å². The molecule has 1 aromatic carbocycles. The molecule has 12 heavy (non-hydrogen) atoms. The van der Waals surface area contributed by atoms with Crippen LogP contribution in [0.25, 0.3) is 0 Å². The van der Waals surface area contributed by atoms with Crippen LogP contribution < -0.4 is 0 Å². The second kappa shape index (κ2) is 3.49. The van der Waals surface area contributed by atoms with Gasteiger partial charge >= 0.3 is 0 Å². The third kappa shape index (κ3) is 1.64. The number of benzene rings is 1. The van der Waals surface area contributed by atoms with Crippen molar-refractivity contribution < 1.29 is 0 Å². The van der Waals surface area contributed by atoms with E-state index in [2.05, 4.69) is 12.1 Å². The lowest BCUT2D eigenvalue weighted by Crippen LogP contribution is -1.90. The van der Waals surface area contributed by atoms with Crippen LogP contribution in [-0.4, -0.2) is 0 Å². The monoisotopic (exact) mass is 180 g/mol. The van der Waals surface area contributed by atoms with Crippen molar-refractivity contribution in [1.82, 2.24) is 0 Å². The maximum Gasteiger partial charge on any atom is 0.0406 e. The van der Waals surface area contributed by atoms with Crippen LogP contribution in [0.4, 0.5) is 0 Å². The molecule has 1 saturated carbocycles. The zero-order valence-electron chi connectivity index (χ0n) is 7.09. The molecule has 0 N–H and O–H groups in total. The summed E-state index contributed by atoms with van der Waals surface area (Å²) in [7, 11) is 0. The lowest BCUT2D eigenvalue weighted by Gasteiger charge is -2.08. The van der Waals surface area contributed by atoms with Gasteiger partial charge in [-0.05, 0) is 36.5 Å². The van der Waals surface area contributed by atoms with Crippen LogP contribution in [-0.2, 0) is 0 Å². The van der Waals surface area contributed by atoms with Gasteiger partial charge in [0.25, 0.3) is 0 Å². The molecule has 0 heterocycles. The molecule has 2 rings (SSSR count). The van der Waals surface area contributed by atoms with E-state index < -0.39 is 0 Å². The Kier molecular flexibility index (Phi) is 2.36. The first kappa shape index (κ1) is 8.12. The fourth-order valence-corrected chi connectivity index (χ4v) is 2.12. The van der Waals surface area contributed by atoms with E-state index in [4.69, 9.17) is 11.6 Å². The average molecular weight is 181 g/mol. The highest BCUT2D eigenvalue weighted by molar-refractivity contribution is 6.30. The molecule has 0 aromatic heterocycles. The predicted octanol–water partition coefficient (Wildman–Crippen LogP) is 4.00. The van der Waals surface area contributed by atoms with Crippen LogP contribution in [0.1, 0.15) is 37.2 Å². The van der Waals surface area contributed by atoms with Crippen molar-refractivity contribution in [2.45, 2.75) is 31.6 Å². The Morgan fingerprint density at radius 1 is 1.00 bits per heavy atom. The highest BCUT2D eigenvalue weighted by Crippen LogP contribution is 2.34. The second-order valence-corrected chi connectivity index (χ2v) is 3.97. The minimum absolute atomic E-state index is 0.808. The third-order valence-electron chi connectivity index (χ3n) is 2.70. The molecule has 0 nitrogen and oxygen atoms in total. The van der Waals surface area contributed by atoms with E-state index in [0.29, 0.717) is 0 Å². The van der Waals surface area contributed by atoms with E-state index >= 15 is 0 Å². The molecule has 64 valence electrons. The minimum atomic E-state index is 0.808. The Hall–Kier alpha value is -0.490. The van der Waals surface area contributed by atoms with Gasteiger partial charge in [0, 0.05) is 5.02 Å². The molecule has 0 spiro atoms. The van der Waals surface area contributed by atoms with Gasteiger partial charge in [-0.15, -0.1) is 0 Å². The molecule has 1 aromatic rings. The summed E-state index contributed by atoms with van der Waals surface area (Å²) >= 11 is 5.82. The number of rotatable bonds is 1. The normalized spacial score (nSPS) is 18.4. The van der Waals surface area contributed by atoms with E-state index in [-0.39, 0.29) is 0 Å². The number of hydrogen-bond acceptors (Lipinski definition) is 0. The molecule has 0 unspecified atom stereocenters. The highest BCUT2D eigenvalue weighted by atomic mass is 35.5. The molecule has 0 amide bonds. The summed E-state index contributed by atoms with van der Waals surface area (Å²) in [6, 6.07) is 8.32. The summed E-state index contributed by atoms with van der Waals surface area (Å²) in [6.45, 7) is 0. The summed E-state index contributed by atoms with van der Waals surface area (Å²) in [4.78, 5) is 0. The summed E-state index contributed by atoms with van der Waals surface area (Å²) in [5.74, 6) is 0.808. The van der Waals surface area contributed by atoms with Crippen molar-refractivity contribution >= 4 is 11.6 Å². The molecular weight excluding hydrogens is 168 g/mol. The van der Waals surface area contributed by atoms with Crippen LogP contribution >= 0.6 is 11.6 Å². The van der Waals surface area contributed by atoms with E-state index in [1.54, 1.807) is 0 Å². The highest BCUT2D eigenvalue weighted by Gasteiger charge is 2.16. The minimum Gasteiger partial charge on any atom is -0.0843 e. The number of halogens is 1. The Balaban J connectivity index is 2.17. The largest absolute Gasteiger partial charge is 0.0843 e. The van der Waals surface area contributed by atoms with Gasteiger partial charge in [-0.1, -0.05) is 36.6 Å². The Labute approximate surface area is 78.6 Å². The maximum absolute atomic E-state index is 5.82. The van der Waals surface area contributed by atoms with Gasteiger partial charge in [0.1, 0.15) is 0 Å². The van der Waals surface area contributed by atoms with E-state index in [9.17, 15) is 0 Å². The zero-order valence-corrected chi connectivity index (χ0v) is 7.85. The lowest BCUT2D eigenvalue weighted by atomic mass is 9.98. The molecular formula is C11H13Cl. The first-order chi connectivity index (χ1) is 5.86. The van der Waals surface area contributed by atoms with E-state index in [1.807, 2.05) is 12.1 Å². The van der Waals surface area contributed by atoms with Gasteiger partial charge in [0.15, 0.2) is 0 Å². The van der Waals surface area contributed by atoms with E-state index in [1.165, 1.54) is 31.2 Å². The van der Waals surface area contributed by atoms with Gasteiger partial charge < -0.3 is 0 Å². The van der Waals surface area contributed by atoms with Crippen LogP contribution in [0.15, 0.2) is 24.3 Å². The van der Waals surface area contributed by atoms with Crippen molar-refractivity contribution in [2.75, 3.05) is 0 Å². The molecule has 0 atom stereocenters. The SMILES string of the molecule is Clc1ccc(C2CCCC2)cc1. The third-order valence-corrected chi connectivity index (χ3v) is 2.95. The Morgan fingerprint density at radius 3 is 2.17 bits per heavy atom. The van der Waals surface area contributed by atoms with Crippen molar-refractivity contribution in [3.63, 3.8) is 0 Å². The molecule has 1 fully saturated rings. The number of hydrogen-bond donors (Lipinski definition) is 0. The van der Waals surface area contributed by atoms with Gasteiger partial charge in [0.05, 0.1) is 0 Å². The first-order valence-corrected chi connectivity index (χ1v) is 4.99.